The predicted octanol–water partition coefficient (Wildman–Crippen LogP) is 4.24. The van der Waals surface area contributed by atoms with Crippen LogP contribution in [0.15, 0.2) is 66.9 Å². The van der Waals surface area contributed by atoms with E-state index in [1.165, 1.54) is 17.7 Å². The first-order chi connectivity index (χ1) is 14.1. The number of rotatable bonds is 4. The fraction of sp³-hybridized carbons (Fsp3) is 0.217. The molecule has 3 aromatic rings. The first-order valence-corrected chi connectivity index (χ1v) is 9.68. The predicted molar refractivity (Wildman–Crippen MR) is 113 cm³/mol. The molecule has 1 N–H and O–H groups in total. The summed E-state index contributed by atoms with van der Waals surface area (Å²) in [5.74, 6) is 0.446. The van der Waals surface area contributed by atoms with E-state index in [0.29, 0.717) is 24.5 Å². The van der Waals surface area contributed by atoms with Crippen LogP contribution in [0.3, 0.4) is 0 Å². The highest BCUT2D eigenvalue weighted by Gasteiger charge is 2.22. The second kappa shape index (κ2) is 8.31. The Kier molecular flexibility index (Phi) is 5.42. The summed E-state index contributed by atoms with van der Waals surface area (Å²) in [5.41, 5.74) is 3.69. The smallest absolute Gasteiger partial charge is 0.255 e. The molecule has 6 heteroatoms. The maximum atomic E-state index is 13.1. The van der Waals surface area contributed by atoms with Crippen LogP contribution in [-0.4, -0.2) is 42.0 Å². The fourth-order valence-electron chi connectivity index (χ4n) is 3.47. The van der Waals surface area contributed by atoms with Crippen LogP contribution in [0, 0.1) is 12.7 Å². The van der Waals surface area contributed by atoms with Crippen LogP contribution < -0.4 is 10.2 Å². The number of anilines is 3. The van der Waals surface area contributed by atoms with Gasteiger partial charge in [0.25, 0.3) is 5.91 Å². The van der Waals surface area contributed by atoms with Crippen molar-refractivity contribution >= 4 is 23.1 Å². The van der Waals surface area contributed by atoms with Gasteiger partial charge in [0.15, 0.2) is 0 Å². The summed E-state index contributed by atoms with van der Waals surface area (Å²) in [6.45, 7) is 4.73. The summed E-state index contributed by atoms with van der Waals surface area (Å²) in [6.07, 6.45) is 1.62. The number of carbonyl (C=O) groups excluding carboxylic acids is 1. The molecule has 1 amide bonds. The Labute approximate surface area is 169 Å². The fourth-order valence-corrected chi connectivity index (χ4v) is 3.47. The molecule has 0 aliphatic carbocycles. The number of aryl methyl sites for hydroxylation is 1. The number of piperazine rings is 1. The zero-order valence-electron chi connectivity index (χ0n) is 16.3. The summed E-state index contributed by atoms with van der Waals surface area (Å²) >= 11 is 0. The topological polar surface area (TPSA) is 48.5 Å². The van der Waals surface area contributed by atoms with E-state index in [1.54, 1.807) is 24.4 Å². The number of pyridine rings is 1. The molecule has 5 nitrogen and oxygen atoms in total. The van der Waals surface area contributed by atoms with Crippen LogP contribution in [-0.2, 0) is 0 Å². The average Bonchev–Trinajstić information content (AvgIpc) is 2.75. The van der Waals surface area contributed by atoms with Crippen LogP contribution in [0.5, 0.6) is 0 Å². The Balaban J connectivity index is 1.35. The minimum atomic E-state index is -0.240. The largest absolute Gasteiger partial charge is 0.368 e. The summed E-state index contributed by atoms with van der Waals surface area (Å²) in [7, 11) is 0. The van der Waals surface area contributed by atoms with E-state index in [2.05, 4.69) is 15.2 Å². The number of benzene rings is 2. The van der Waals surface area contributed by atoms with Crippen LogP contribution in [0.25, 0.3) is 0 Å². The monoisotopic (exact) mass is 390 g/mol. The Morgan fingerprint density at radius 2 is 1.76 bits per heavy atom. The van der Waals surface area contributed by atoms with Crippen molar-refractivity contribution in [1.82, 2.24) is 9.88 Å². The van der Waals surface area contributed by atoms with Crippen LogP contribution in [0.1, 0.15) is 15.9 Å². The number of nitrogens with zero attached hydrogens (tertiary/aromatic N) is 3. The van der Waals surface area contributed by atoms with Crippen molar-refractivity contribution < 1.29 is 9.18 Å². The molecule has 1 aliphatic rings. The van der Waals surface area contributed by atoms with Crippen LogP contribution in [0.4, 0.5) is 21.6 Å². The van der Waals surface area contributed by atoms with Crippen molar-refractivity contribution in [3.8, 4) is 0 Å². The lowest BCUT2D eigenvalue weighted by atomic mass is 10.2. The number of hydrogen-bond acceptors (Lipinski definition) is 4. The third kappa shape index (κ3) is 4.54. The first-order valence-electron chi connectivity index (χ1n) is 9.68. The lowest BCUT2D eigenvalue weighted by Crippen LogP contribution is -2.48. The van der Waals surface area contributed by atoms with Gasteiger partial charge in [-0.15, -0.1) is 0 Å². The van der Waals surface area contributed by atoms with Crippen molar-refractivity contribution in [3.05, 3.63) is 83.8 Å². The van der Waals surface area contributed by atoms with Gasteiger partial charge < -0.3 is 15.1 Å². The van der Waals surface area contributed by atoms with Crippen molar-refractivity contribution in [2.75, 3.05) is 36.4 Å². The maximum Gasteiger partial charge on any atom is 0.255 e. The van der Waals surface area contributed by atoms with Crippen LogP contribution in [0.2, 0.25) is 0 Å². The second-order valence-electron chi connectivity index (χ2n) is 7.18. The molecule has 1 aromatic heterocycles. The Morgan fingerprint density at radius 3 is 2.41 bits per heavy atom. The summed E-state index contributed by atoms with van der Waals surface area (Å²) in [4.78, 5) is 21.2. The van der Waals surface area contributed by atoms with Gasteiger partial charge in [-0.05, 0) is 61.0 Å². The van der Waals surface area contributed by atoms with Gasteiger partial charge in [-0.2, -0.15) is 0 Å². The summed E-state index contributed by atoms with van der Waals surface area (Å²) < 4.78 is 13.1. The van der Waals surface area contributed by atoms with Crippen LogP contribution >= 0.6 is 0 Å². The molecule has 2 heterocycles. The van der Waals surface area contributed by atoms with E-state index >= 15 is 0 Å². The molecule has 0 saturated carbocycles. The quantitative estimate of drug-likeness (QED) is 0.724. The number of aromatic nitrogens is 1. The second-order valence-corrected chi connectivity index (χ2v) is 7.18. The van der Waals surface area contributed by atoms with Crippen molar-refractivity contribution in [1.29, 1.82) is 0 Å². The number of carbonyl (C=O) groups is 1. The number of hydrogen-bond donors (Lipinski definition) is 1. The van der Waals surface area contributed by atoms with Gasteiger partial charge in [0.2, 0.25) is 0 Å². The number of amides is 1. The van der Waals surface area contributed by atoms with Crippen molar-refractivity contribution in [2.24, 2.45) is 0 Å². The van der Waals surface area contributed by atoms with Gasteiger partial charge in [-0.25, -0.2) is 9.37 Å². The van der Waals surface area contributed by atoms with E-state index in [0.717, 1.165) is 24.5 Å². The average molecular weight is 390 g/mol. The van der Waals surface area contributed by atoms with E-state index < -0.39 is 0 Å². The van der Waals surface area contributed by atoms with Crippen molar-refractivity contribution in [3.63, 3.8) is 0 Å². The highest BCUT2D eigenvalue weighted by Crippen LogP contribution is 2.19. The Hall–Kier alpha value is -3.41. The summed E-state index contributed by atoms with van der Waals surface area (Å²) in [6, 6.07) is 18.2. The zero-order valence-corrected chi connectivity index (χ0v) is 16.3. The first kappa shape index (κ1) is 18.9. The van der Waals surface area contributed by atoms with E-state index in [4.69, 9.17) is 0 Å². The lowest BCUT2D eigenvalue weighted by Gasteiger charge is -2.36. The molecule has 1 fully saturated rings. The minimum absolute atomic E-state index is 0.0154. The molecular formula is C23H23FN4O. The molecule has 29 heavy (non-hydrogen) atoms. The van der Waals surface area contributed by atoms with Gasteiger partial charge in [0.1, 0.15) is 11.6 Å². The number of halogens is 1. The van der Waals surface area contributed by atoms with Gasteiger partial charge in [-0.3, -0.25) is 4.79 Å². The standard InChI is InChI=1S/C23H23FN4O/c1-17-3-2-4-20(15-17)26-22-10-5-18(16-25-22)23(29)28-13-11-27(12-14-28)21-8-6-19(24)7-9-21/h2-10,15-16H,11-14H2,1H3,(H,25,26). The Morgan fingerprint density at radius 1 is 1.00 bits per heavy atom. The van der Waals surface area contributed by atoms with E-state index in [-0.39, 0.29) is 11.7 Å². The molecule has 1 saturated heterocycles. The summed E-state index contributed by atoms with van der Waals surface area (Å²) in [5, 5.41) is 3.25. The Bertz CT molecular complexity index is 981. The molecule has 0 unspecified atom stereocenters. The lowest BCUT2D eigenvalue weighted by molar-refractivity contribution is 0.0746. The molecule has 0 spiro atoms. The molecular weight excluding hydrogens is 367 g/mol. The molecule has 148 valence electrons. The van der Waals surface area contributed by atoms with Gasteiger partial charge in [0.05, 0.1) is 5.56 Å². The third-order valence-electron chi connectivity index (χ3n) is 5.06. The molecule has 0 radical (unpaired) electrons. The maximum absolute atomic E-state index is 13.1. The normalized spacial score (nSPS) is 14.0. The molecule has 2 aromatic carbocycles. The molecule has 1 aliphatic heterocycles. The zero-order chi connectivity index (χ0) is 20.2. The van der Waals surface area contributed by atoms with E-state index in [1.807, 2.05) is 42.2 Å². The third-order valence-corrected chi connectivity index (χ3v) is 5.06. The SMILES string of the molecule is Cc1cccc(Nc2ccc(C(=O)N3CCN(c4ccc(F)cc4)CC3)cn2)c1. The van der Waals surface area contributed by atoms with Gasteiger partial charge in [-0.1, -0.05) is 12.1 Å². The molecule has 0 atom stereocenters. The highest BCUT2D eigenvalue weighted by molar-refractivity contribution is 5.94. The minimum Gasteiger partial charge on any atom is -0.368 e. The highest BCUT2D eigenvalue weighted by atomic mass is 19.1. The van der Waals surface area contributed by atoms with Gasteiger partial charge >= 0.3 is 0 Å². The van der Waals surface area contributed by atoms with E-state index in [9.17, 15) is 9.18 Å². The van der Waals surface area contributed by atoms with Crippen molar-refractivity contribution in [2.45, 2.75) is 6.92 Å². The molecule has 0 bridgehead atoms. The number of nitrogens with one attached hydrogen (secondary N) is 1. The van der Waals surface area contributed by atoms with Gasteiger partial charge in [0, 0.05) is 43.8 Å². The molecule has 4 rings (SSSR count).